The van der Waals surface area contributed by atoms with Crippen LogP contribution in [0, 0.1) is 5.82 Å². The molecule has 0 aliphatic carbocycles. The van der Waals surface area contributed by atoms with Crippen molar-refractivity contribution >= 4 is 17.5 Å². The zero-order valence-electron chi connectivity index (χ0n) is 24.8. The molecule has 4 rings (SSSR count). The lowest BCUT2D eigenvalue weighted by Crippen LogP contribution is -2.61. The van der Waals surface area contributed by atoms with Crippen LogP contribution in [0.1, 0.15) is 60.8 Å². The van der Waals surface area contributed by atoms with E-state index in [1.807, 2.05) is 18.7 Å². The van der Waals surface area contributed by atoms with E-state index >= 15 is 0 Å². The number of benzene rings is 1. The predicted molar refractivity (Wildman–Crippen MR) is 152 cm³/mol. The van der Waals surface area contributed by atoms with Crippen LogP contribution in [-0.2, 0) is 0 Å². The Bertz CT molecular complexity index is 1180. The number of halogens is 4. The number of alkyl halides is 3. The summed E-state index contributed by atoms with van der Waals surface area (Å²) < 4.78 is 66.6. The molecule has 0 amide bonds. The van der Waals surface area contributed by atoms with Gasteiger partial charge < -0.3 is 20.1 Å². The molecule has 3 heterocycles. The van der Waals surface area contributed by atoms with Crippen LogP contribution < -0.4 is 20.1 Å². The van der Waals surface area contributed by atoms with Gasteiger partial charge >= 0.3 is 6.61 Å². The Hall–Kier alpha value is -2.86. The molecule has 2 aliphatic heterocycles. The number of piperidine rings is 2. The Morgan fingerprint density at radius 1 is 1.07 bits per heavy atom. The number of nitrogens with one attached hydrogen (secondary N) is 2. The summed E-state index contributed by atoms with van der Waals surface area (Å²) >= 11 is 0. The molecule has 41 heavy (non-hydrogen) atoms. The van der Waals surface area contributed by atoms with Crippen LogP contribution in [0.2, 0.25) is 0 Å². The molecular weight excluding hydrogens is 540 g/mol. The molecule has 0 bridgehead atoms. The van der Waals surface area contributed by atoms with E-state index in [0.717, 1.165) is 19.0 Å². The van der Waals surface area contributed by atoms with Crippen LogP contribution in [0.25, 0.3) is 0 Å². The van der Waals surface area contributed by atoms with E-state index in [0.29, 0.717) is 18.7 Å². The van der Waals surface area contributed by atoms with Gasteiger partial charge in [0.25, 0.3) is 0 Å². The third kappa shape index (κ3) is 7.51. The van der Waals surface area contributed by atoms with Gasteiger partial charge in [0.2, 0.25) is 5.95 Å². The van der Waals surface area contributed by atoms with Crippen molar-refractivity contribution in [1.82, 2.24) is 19.8 Å². The summed E-state index contributed by atoms with van der Waals surface area (Å²) in [7, 11) is 2.09. The number of ether oxygens (including phenoxy) is 2. The van der Waals surface area contributed by atoms with Crippen LogP contribution in [0.5, 0.6) is 11.5 Å². The monoisotopic (exact) mass is 582 g/mol. The van der Waals surface area contributed by atoms with Gasteiger partial charge in [-0.25, -0.2) is 13.8 Å². The maximum absolute atomic E-state index is 14.8. The number of nitrogens with zero attached hydrogens (tertiary/aromatic N) is 4. The van der Waals surface area contributed by atoms with Gasteiger partial charge in [-0.05, 0) is 80.0 Å². The molecule has 2 unspecified atom stereocenters. The minimum Gasteiger partial charge on any atom is -0.483 e. The van der Waals surface area contributed by atoms with Gasteiger partial charge in [0.15, 0.2) is 23.1 Å². The second kappa shape index (κ2) is 12.2. The minimum absolute atomic E-state index is 0.0105. The third-order valence-corrected chi connectivity index (χ3v) is 8.33. The maximum atomic E-state index is 14.8. The highest BCUT2D eigenvalue weighted by Gasteiger charge is 2.43. The van der Waals surface area contributed by atoms with Crippen molar-refractivity contribution < 1.29 is 27.0 Å². The van der Waals surface area contributed by atoms with E-state index in [2.05, 4.69) is 60.2 Å². The van der Waals surface area contributed by atoms with Crippen molar-refractivity contribution in [2.45, 2.75) is 103 Å². The number of hydrogen-bond donors (Lipinski definition) is 2. The first-order chi connectivity index (χ1) is 19.1. The van der Waals surface area contributed by atoms with E-state index in [-0.39, 0.29) is 53.0 Å². The fourth-order valence-electron chi connectivity index (χ4n) is 5.87. The van der Waals surface area contributed by atoms with Crippen molar-refractivity contribution in [2.24, 2.45) is 0 Å². The molecule has 2 fully saturated rings. The highest BCUT2D eigenvalue weighted by atomic mass is 19.3. The lowest BCUT2D eigenvalue weighted by Gasteiger charge is -2.53. The maximum Gasteiger partial charge on any atom is 0.387 e. The molecule has 2 aromatic rings. The summed E-state index contributed by atoms with van der Waals surface area (Å²) in [6.07, 6.45) is 0.978. The Kier molecular flexibility index (Phi) is 9.22. The van der Waals surface area contributed by atoms with Crippen LogP contribution >= 0.6 is 0 Å². The van der Waals surface area contributed by atoms with E-state index in [4.69, 9.17) is 9.47 Å². The number of likely N-dealkylation sites (tertiary alicyclic amines) is 2. The van der Waals surface area contributed by atoms with Crippen molar-refractivity contribution in [1.29, 1.82) is 0 Å². The van der Waals surface area contributed by atoms with E-state index < -0.39 is 24.7 Å². The highest BCUT2D eigenvalue weighted by Crippen LogP contribution is 2.38. The van der Waals surface area contributed by atoms with Crippen LogP contribution in [-0.4, -0.2) is 82.0 Å². The van der Waals surface area contributed by atoms with Crippen molar-refractivity contribution in [2.75, 3.05) is 30.8 Å². The van der Waals surface area contributed by atoms with Gasteiger partial charge in [0.05, 0.1) is 6.20 Å². The number of aromatic nitrogens is 2. The van der Waals surface area contributed by atoms with Gasteiger partial charge in [-0.2, -0.15) is 13.8 Å². The Labute approximate surface area is 239 Å². The Balaban J connectivity index is 1.49. The largest absolute Gasteiger partial charge is 0.483 e. The van der Waals surface area contributed by atoms with Crippen LogP contribution in [0.3, 0.4) is 0 Å². The fraction of sp³-hybridized carbons (Fsp3) is 0.655. The van der Waals surface area contributed by atoms with Crippen molar-refractivity contribution in [3.63, 3.8) is 0 Å². The third-order valence-electron chi connectivity index (χ3n) is 8.33. The normalized spacial score (nSPS) is 23.5. The lowest BCUT2D eigenvalue weighted by molar-refractivity contribution is -0.0540. The molecule has 2 N–H and O–H groups in total. The highest BCUT2D eigenvalue weighted by molar-refractivity contribution is 5.60. The summed E-state index contributed by atoms with van der Waals surface area (Å²) in [6.45, 7) is 10.3. The number of anilines is 3. The lowest BCUT2D eigenvalue weighted by atomic mass is 9.77. The molecular formula is C29H42F4N6O2. The summed E-state index contributed by atoms with van der Waals surface area (Å²) in [5, 5.41) is 6.16. The molecule has 2 saturated heterocycles. The average molecular weight is 583 g/mol. The summed E-state index contributed by atoms with van der Waals surface area (Å²) in [4.78, 5) is 12.7. The van der Waals surface area contributed by atoms with Crippen LogP contribution in [0.4, 0.5) is 35.0 Å². The number of rotatable bonds is 9. The molecule has 0 saturated carbocycles. The molecule has 2 atom stereocenters. The minimum atomic E-state index is -3.11. The molecule has 12 heteroatoms. The Morgan fingerprint density at radius 3 is 2.37 bits per heavy atom. The molecule has 0 spiro atoms. The first-order valence-corrected chi connectivity index (χ1v) is 14.1. The zero-order valence-corrected chi connectivity index (χ0v) is 24.8. The van der Waals surface area contributed by atoms with Crippen molar-refractivity contribution in [3.05, 3.63) is 30.2 Å². The molecule has 0 radical (unpaired) electrons. The number of hydrogen-bond acceptors (Lipinski definition) is 8. The molecule has 8 nitrogen and oxygen atoms in total. The summed E-state index contributed by atoms with van der Waals surface area (Å²) in [5.74, 6) is -0.716. The van der Waals surface area contributed by atoms with Crippen LogP contribution in [0.15, 0.2) is 24.4 Å². The molecule has 1 aromatic carbocycles. The second-order valence-electron chi connectivity index (χ2n) is 12.5. The van der Waals surface area contributed by atoms with Crippen molar-refractivity contribution in [3.8, 4) is 11.5 Å². The van der Waals surface area contributed by atoms with Gasteiger partial charge in [0.1, 0.15) is 12.3 Å². The smallest absolute Gasteiger partial charge is 0.387 e. The molecule has 228 valence electrons. The second-order valence-corrected chi connectivity index (χ2v) is 12.5. The van der Waals surface area contributed by atoms with Gasteiger partial charge in [-0.1, -0.05) is 0 Å². The zero-order chi connectivity index (χ0) is 30.1. The molecule has 2 aliphatic rings. The first kappa shape index (κ1) is 31.1. The predicted octanol–water partition coefficient (Wildman–Crippen LogP) is 6.22. The Morgan fingerprint density at radius 2 is 1.76 bits per heavy atom. The first-order valence-electron chi connectivity index (χ1n) is 14.1. The van der Waals surface area contributed by atoms with E-state index in [1.165, 1.54) is 12.1 Å². The summed E-state index contributed by atoms with van der Waals surface area (Å²) in [6, 6.07) is 4.48. The quantitative estimate of drug-likeness (QED) is 0.338. The van der Waals surface area contributed by atoms with E-state index in [9.17, 15) is 17.6 Å². The SMILES string of the molecule is CC(C)N1CCC(Oc2ccc(Nc3ncc(F)c(NC4CC(C)(C)N(C)C(C)(C)C4)n3)cc2OC(F)F)C(F)C1. The summed E-state index contributed by atoms with van der Waals surface area (Å²) in [5.41, 5.74) is 0.101. The topological polar surface area (TPSA) is 74.8 Å². The molecule has 1 aromatic heterocycles. The van der Waals surface area contributed by atoms with Gasteiger partial charge in [-0.3, -0.25) is 9.80 Å². The fourth-order valence-corrected chi connectivity index (χ4v) is 5.87. The standard InChI is InChI=1S/C29H42F4N6O2/c1-17(2)39-11-10-22(21(31)16-39)40-23-9-8-18(12-24(23)41-26(32)33)36-27-34-15-20(30)25(37-27)35-19-13-28(3,4)38(7)29(5,6)14-19/h8-9,12,15,17,19,21-22,26H,10-11,13-14,16H2,1-7H3,(H2,34,35,36,37). The van der Waals surface area contributed by atoms with Gasteiger partial charge in [-0.15, -0.1) is 0 Å². The van der Waals surface area contributed by atoms with Gasteiger partial charge in [0, 0.05) is 48.0 Å². The average Bonchev–Trinajstić information content (AvgIpc) is 2.86. The van der Waals surface area contributed by atoms with E-state index in [1.54, 1.807) is 6.07 Å².